The van der Waals surface area contributed by atoms with Crippen LogP contribution in [0.3, 0.4) is 0 Å². The number of pyridine rings is 1. The van der Waals surface area contributed by atoms with Gasteiger partial charge in [-0.05, 0) is 30.7 Å². The molecule has 0 radical (unpaired) electrons. The zero-order valence-electron chi connectivity index (χ0n) is 12.8. The number of amides is 1. The van der Waals surface area contributed by atoms with Crippen molar-refractivity contribution in [3.63, 3.8) is 0 Å². The highest BCUT2D eigenvalue weighted by Gasteiger charge is 2.18. The summed E-state index contributed by atoms with van der Waals surface area (Å²) in [5, 5.41) is 2.67. The average Bonchev–Trinajstić information content (AvgIpc) is 2.50. The molecule has 1 heterocycles. The number of aromatic nitrogens is 1. The van der Waals surface area contributed by atoms with Crippen molar-refractivity contribution in [3.8, 4) is 0 Å². The molecule has 0 spiro atoms. The second kappa shape index (κ2) is 6.56. The molecule has 2 rings (SSSR count). The van der Waals surface area contributed by atoms with E-state index in [1.807, 2.05) is 0 Å². The molecule has 2 aromatic rings. The first-order chi connectivity index (χ1) is 10.8. The van der Waals surface area contributed by atoms with E-state index in [1.54, 1.807) is 14.0 Å². The molecule has 23 heavy (non-hydrogen) atoms. The minimum Gasteiger partial charge on any atom is -0.341 e. The third-order valence-electron chi connectivity index (χ3n) is 3.41. The standard InChI is InChI=1S/C17H16F2N2O2/c1-10(2)16(11-4-5-13(18)14(19)8-11)20-17(23)12-6-7-21(3)15(22)9-12/h4-9,16H,1H2,2-3H3,(H,20,23)/t16-/m1/s1. The summed E-state index contributed by atoms with van der Waals surface area (Å²) in [5.74, 6) is -2.47. The number of aryl methyl sites for hydroxylation is 1. The highest BCUT2D eigenvalue weighted by atomic mass is 19.2. The van der Waals surface area contributed by atoms with E-state index in [2.05, 4.69) is 11.9 Å². The minimum absolute atomic E-state index is 0.182. The molecule has 0 unspecified atom stereocenters. The van der Waals surface area contributed by atoms with Crippen LogP contribution in [0.4, 0.5) is 8.78 Å². The zero-order chi connectivity index (χ0) is 17.1. The van der Waals surface area contributed by atoms with E-state index in [1.165, 1.54) is 29.0 Å². The van der Waals surface area contributed by atoms with Crippen LogP contribution in [0.1, 0.15) is 28.9 Å². The lowest BCUT2D eigenvalue weighted by molar-refractivity contribution is 0.0942. The molecule has 120 valence electrons. The SMILES string of the molecule is C=C(C)[C@@H](NC(=O)c1ccn(C)c(=O)c1)c1ccc(F)c(F)c1. The molecule has 0 fully saturated rings. The van der Waals surface area contributed by atoms with Crippen molar-refractivity contribution in [2.24, 2.45) is 7.05 Å². The van der Waals surface area contributed by atoms with Crippen molar-refractivity contribution in [3.05, 3.63) is 81.8 Å². The summed E-state index contributed by atoms with van der Waals surface area (Å²) < 4.78 is 27.8. The second-order valence-electron chi connectivity index (χ2n) is 5.29. The molecule has 0 bridgehead atoms. The van der Waals surface area contributed by atoms with E-state index < -0.39 is 23.6 Å². The maximum atomic E-state index is 13.4. The van der Waals surface area contributed by atoms with E-state index in [9.17, 15) is 18.4 Å². The molecule has 0 saturated heterocycles. The normalized spacial score (nSPS) is 11.8. The lowest BCUT2D eigenvalue weighted by Gasteiger charge is -2.19. The van der Waals surface area contributed by atoms with Crippen LogP contribution >= 0.6 is 0 Å². The van der Waals surface area contributed by atoms with Crippen LogP contribution in [0.5, 0.6) is 0 Å². The quantitative estimate of drug-likeness (QED) is 0.881. The van der Waals surface area contributed by atoms with Crippen LogP contribution in [-0.2, 0) is 7.05 Å². The van der Waals surface area contributed by atoms with Crippen LogP contribution in [-0.4, -0.2) is 10.5 Å². The molecular formula is C17H16F2N2O2. The van der Waals surface area contributed by atoms with Gasteiger partial charge in [0, 0.05) is 24.9 Å². The molecular weight excluding hydrogens is 302 g/mol. The minimum atomic E-state index is -1.00. The van der Waals surface area contributed by atoms with Crippen molar-refractivity contribution in [2.45, 2.75) is 13.0 Å². The van der Waals surface area contributed by atoms with E-state index in [0.29, 0.717) is 11.1 Å². The van der Waals surface area contributed by atoms with Gasteiger partial charge in [0.05, 0.1) is 6.04 Å². The molecule has 0 aliphatic carbocycles. The Morgan fingerprint density at radius 3 is 2.48 bits per heavy atom. The van der Waals surface area contributed by atoms with Gasteiger partial charge in [0.2, 0.25) is 0 Å². The van der Waals surface area contributed by atoms with Crippen LogP contribution in [0.25, 0.3) is 0 Å². The first-order valence-electron chi connectivity index (χ1n) is 6.87. The van der Waals surface area contributed by atoms with Crippen LogP contribution < -0.4 is 10.9 Å². The summed E-state index contributed by atoms with van der Waals surface area (Å²) in [6, 6.07) is 5.39. The molecule has 0 saturated carbocycles. The summed E-state index contributed by atoms with van der Waals surface area (Å²) in [5.41, 5.74) is 0.779. The maximum Gasteiger partial charge on any atom is 0.252 e. The fourth-order valence-corrected chi connectivity index (χ4v) is 2.09. The highest BCUT2D eigenvalue weighted by molar-refractivity contribution is 5.94. The summed E-state index contributed by atoms with van der Waals surface area (Å²) in [6.45, 7) is 5.43. The Morgan fingerprint density at radius 2 is 1.91 bits per heavy atom. The van der Waals surface area contributed by atoms with Gasteiger partial charge in [-0.15, -0.1) is 0 Å². The number of hydrogen-bond acceptors (Lipinski definition) is 2. The van der Waals surface area contributed by atoms with Gasteiger partial charge in [0.15, 0.2) is 11.6 Å². The Bertz CT molecular complexity index is 828. The smallest absolute Gasteiger partial charge is 0.252 e. The first kappa shape index (κ1) is 16.6. The fraction of sp³-hybridized carbons (Fsp3) is 0.176. The van der Waals surface area contributed by atoms with Gasteiger partial charge in [-0.1, -0.05) is 18.2 Å². The number of carbonyl (C=O) groups is 1. The van der Waals surface area contributed by atoms with E-state index >= 15 is 0 Å². The van der Waals surface area contributed by atoms with Crippen molar-refractivity contribution in [1.29, 1.82) is 0 Å². The molecule has 0 aliphatic rings. The molecule has 1 aromatic heterocycles. The topological polar surface area (TPSA) is 51.1 Å². The molecule has 6 heteroatoms. The van der Waals surface area contributed by atoms with Gasteiger partial charge in [-0.25, -0.2) is 8.78 Å². The molecule has 1 N–H and O–H groups in total. The number of nitrogens with zero attached hydrogens (tertiary/aromatic N) is 1. The summed E-state index contributed by atoms with van der Waals surface area (Å²) in [4.78, 5) is 23.9. The van der Waals surface area contributed by atoms with E-state index in [-0.39, 0.29) is 11.1 Å². The monoisotopic (exact) mass is 318 g/mol. The van der Waals surface area contributed by atoms with E-state index in [4.69, 9.17) is 0 Å². The van der Waals surface area contributed by atoms with Crippen molar-refractivity contribution in [2.75, 3.05) is 0 Å². The zero-order valence-corrected chi connectivity index (χ0v) is 12.8. The third kappa shape index (κ3) is 3.71. The Balaban J connectivity index is 2.30. The van der Waals surface area contributed by atoms with Gasteiger partial charge in [-0.2, -0.15) is 0 Å². The first-order valence-corrected chi connectivity index (χ1v) is 6.87. The lowest BCUT2D eigenvalue weighted by Crippen LogP contribution is -2.30. The number of carbonyl (C=O) groups excluding carboxylic acids is 1. The molecule has 0 aliphatic heterocycles. The van der Waals surface area contributed by atoms with E-state index in [0.717, 1.165) is 12.1 Å². The maximum absolute atomic E-state index is 13.4. The van der Waals surface area contributed by atoms with Crippen molar-refractivity contribution in [1.82, 2.24) is 9.88 Å². The Morgan fingerprint density at radius 1 is 1.22 bits per heavy atom. The summed E-state index contributed by atoms with van der Waals surface area (Å²) >= 11 is 0. The molecule has 1 atom stereocenters. The predicted molar refractivity (Wildman–Crippen MR) is 83.1 cm³/mol. The lowest BCUT2D eigenvalue weighted by atomic mass is 10.00. The summed E-state index contributed by atoms with van der Waals surface area (Å²) in [7, 11) is 1.57. The number of rotatable bonds is 4. The van der Waals surface area contributed by atoms with Gasteiger partial charge in [0.1, 0.15) is 0 Å². The van der Waals surface area contributed by atoms with Crippen molar-refractivity contribution < 1.29 is 13.6 Å². The van der Waals surface area contributed by atoms with Crippen molar-refractivity contribution >= 4 is 5.91 Å². The number of halogens is 2. The molecule has 4 nitrogen and oxygen atoms in total. The van der Waals surface area contributed by atoms with Crippen LogP contribution in [0.2, 0.25) is 0 Å². The Hall–Kier alpha value is -2.76. The molecule has 1 aromatic carbocycles. The molecule has 1 amide bonds. The van der Waals surface area contributed by atoms with Gasteiger partial charge >= 0.3 is 0 Å². The third-order valence-corrected chi connectivity index (χ3v) is 3.41. The van der Waals surface area contributed by atoms with Gasteiger partial charge < -0.3 is 9.88 Å². The van der Waals surface area contributed by atoms with Gasteiger partial charge in [0.25, 0.3) is 11.5 Å². The van der Waals surface area contributed by atoms with Crippen LogP contribution in [0.15, 0.2) is 53.5 Å². The predicted octanol–water partition coefficient (Wildman–Crippen LogP) is 2.71. The summed E-state index contributed by atoms with van der Waals surface area (Å²) in [6.07, 6.45) is 1.48. The Labute approximate surface area is 132 Å². The highest BCUT2D eigenvalue weighted by Crippen LogP contribution is 2.22. The second-order valence-corrected chi connectivity index (χ2v) is 5.29. The average molecular weight is 318 g/mol. The number of nitrogens with one attached hydrogen (secondary N) is 1. The number of benzene rings is 1. The van der Waals surface area contributed by atoms with Gasteiger partial charge in [-0.3, -0.25) is 9.59 Å². The fourth-order valence-electron chi connectivity index (χ4n) is 2.09. The van der Waals surface area contributed by atoms with Crippen LogP contribution in [0, 0.1) is 11.6 Å². The largest absolute Gasteiger partial charge is 0.341 e. The Kier molecular flexibility index (Phi) is 4.74. The number of hydrogen-bond donors (Lipinski definition) is 1.